The molecule has 2 N–H and O–H groups in total. The van der Waals surface area contributed by atoms with Crippen LogP contribution in [0.4, 0.5) is 4.79 Å². The maximum atomic E-state index is 11.6. The molecule has 1 saturated heterocycles. The van der Waals surface area contributed by atoms with E-state index in [9.17, 15) is 14.4 Å². The van der Waals surface area contributed by atoms with Crippen molar-refractivity contribution in [3.63, 3.8) is 0 Å². The molecule has 0 atom stereocenters. The number of aromatic nitrogens is 1. The average Bonchev–Trinajstić information content (AvgIpc) is 2.80. The van der Waals surface area contributed by atoms with Gasteiger partial charge in [-0.05, 0) is 18.6 Å². The van der Waals surface area contributed by atoms with Crippen LogP contribution in [0.1, 0.15) is 6.42 Å². The molecule has 0 saturated carbocycles. The van der Waals surface area contributed by atoms with Gasteiger partial charge < -0.3 is 15.4 Å². The van der Waals surface area contributed by atoms with Gasteiger partial charge in [-0.2, -0.15) is 0 Å². The summed E-state index contributed by atoms with van der Waals surface area (Å²) >= 11 is 0. The van der Waals surface area contributed by atoms with Crippen LogP contribution in [0.3, 0.4) is 0 Å². The summed E-state index contributed by atoms with van der Waals surface area (Å²) in [7, 11) is 0. The summed E-state index contributed by atoms with van der Waals surface area (Å²) in [5, 5.41) is 4.98. The number of pyridine rings is 1. The Labute approximate surface area is 121 Å². The van der Waals surface area contributed by atoms with Crippen LogP contribution in [0, 0.1) is 0 Å². The molecule has 1 aliphatic heterocycles. The van der Waals surface area contributed by atoms with Crippen molar-refractivity contribution in [1.29, 1.82) is 0 Å². The lowest BCUT2D eigenvalue weighted by molar-refractivity contribution is -0.130. The molecule has 0 radical (unpaired) electrons. The number of imide groups is 1. The zero-order valence-electron chi connectivity index (χ0n) is 11.4. The zero-order chi connectivity index (χ0) is 15.1. The van der Waals surface area contributed by atoms with Gasteiger partial charge in [0.15, 0.2) is 0 Å². The fraction of sp³-hybridized carbons (Fsp3) is 0.385. The van der Waals surface area contributed by atoms with Crippen molar-refractivity contribution in [2.45, 2.75) is 6.42 Å². The van der Waals surface area contributed by atoms with Gasteiger partial charge in [0.05, 0.1) is 19.3 Å². The van der Waals surface area contributed by atoms with Crippen LogP contribution in [0.25, 0.3) is 0 Å². The van der Waals surface area contributed by atoms with E-state index >= 15 is 0 Å². The number of rotatable bonds is 7. The average molecular weight is 292 g/mol. The number of amides is 4. The molecule has 21 heavy (non-hydrogen) atoms. The predicted molar refractivity (Wildman–Crippen MR) is 72.5 cm³/mol. The first-order valence-corrected chi connectivity index (χ1v) is 6.54. The van der Waals surface area contributed by atoms with Crippen molar-refractivity contribution in [3.8, 4) is 5.75 Å². The smallest absolute Gasteiger partial charge is 0.325 e. The molecule has 112 valence electrons. The summed E-state index contributed by atoms with van der Waals surface area (Å²) in [6.07, 6.45) is 3.87. The quantitative estimate of drug-likeness (QED) is 0.522. The van der Waals surface area contributed by atoms with Gasteiger partial charge in [-0.15, -0.1) is 0 Å². The zero-order valence-corrected chi connectivity index (χ0v) is 11.4. The van der Waals surface area contributed by atoms with Crippen molar-refractivity contribution in [3.05, 3.63) is 24.5 Å². The fourth-order valence-corrected chi connectivity index (χ4v) is 1.74. The Bertz CT molecular complexity index is 504. The van der Waals surface area contributed by atoms with E-state index in [0.717, 1.165) is 4.90 Å². The predicted octanol–water partition coefficient (Wildman–Crippen LogP) is -0.482. The second-order valence-electron chi connectivity index (χ2n) is 4.38. The normalized spacial score (nSPS) is 14.0. The highest BCUT2D eigenvalue weighted by Crippen LogP contribution is 2.05. The monoisotopic (exact) mass is 292 g/mol. The molecule has 0 bridgehead atoms. The van der Waals surface area contributed by atoms with E-state index in [1.54, 1.807) is 24.5 Å². The van der Waals surface area contributed by atoms with Crippen LogP contribution < -0.4 is 15.4 Å². The SMILES string of the molecule is O=C(CN1C(=O)CNC1=O)NCCCOc1cccnc1. The van der Waals surface area contributed by atoms with Gasteiger partial charge in [-0.3, -0.25) is 19.5 Å². The van der Waals surface area contributed by atoms with Crippen molar-refractivity contribution in [1.82, 2.24) is 20.5 Å². The van der Waals surface area contributed by atoms with Gasteiger partial charge in [0.25, 0.3) is 5.91 Å². The van der Waals surface area contributed by atoms with Gasteiger partial charge >= 0.3 is 6.03 Å². The molecule has 1 aliphatic rings. The third kappa shape index (κ3) is 4.44. The second kappa shape index (κ2) is 7.22. The lowest BCUT2D eigenvalue weighted by Gasteiger charge is -2.12. The molecule has 1 aromatic heterocycles. The van der Waals surface area contributed by atoms with Gasteiger partial charge in [-0.25, -0.2) is 4.79 Å². The molecule has 4 amide bonds. The van der Waals surface area contributed by atoms with Crippen molar-refractivity contribution < 1.29 is 19.1 Å². The minimum Gasteiger partial charge on any atom is -0.492 e. The van der Waals surface area contributed by atoms with E-state index < -0.39 is 11.9 Å². The number of urea groups is 1. The largest absolute Gasteiger partial charge is 0.492 e. The number of carbonyl (C=O) groups is 3. The fourth-order valence-electron chi connectivity index (χ4n) is 1.74. The van der Waals surface area contributed by atoms with Crippen molar-refractivity contribution in [2.75, 3.05) is 26.2 Å². The topological polar surface area (TPSA) is 101 Å². The number of carbonyl (C=O) groups excluding carboxylic acids is 3. The van der Waals surface area contributed by atoms with E-state index in [2.05, 4.69) is 15.6 Å². The first-order chi connectivity index (χ1) is 10.2. The van der Waals surface area contributed by atoms with Gasteiger partial charge in [0, 0.05) is 12.7 Å². The second-order valence-corrected chi connectivity index (χ2v) is 4.38. The summed E-state index contributed by atoms with van der Waals surface area (Å²) in [5.74, 6) is -0.0972. The molecular weight excluding hydrogens is 276 g/mol. The highest BCUT2D eigenvalue weighted by Gasteiger charge is 2.29. The van der Waals surface area contributed by atoms with Crippen molar-refractivity contribution in [2.24, 2.45) is 0 Å². The number of nitrogens with one attached hydrogen (secondary N) is 2. The summed E-state index contributed by atoms with van der Waals surface area (Å²) in [4.78, 5) is 38.9. The highest BCUT2D eigenvalue weighted by atomic mass is 16.5. The standard InChI is InChI=1S/C13H16N4O4/c18-11(9-17-12(19)8-16-13(17)20)15-5-2-6-21-10-3-1-4-14-7-10/h1,3-4,7H,2,5-6,8-9H2,(H,15,18)(H,16,20). The molecule has 1 fully saturated rings. The van der Waals surface area contributed by atoms with E-state index in [-0.39, 0.29) is 19.0 Å². The Kier molecular flexibility index (Phi) is 5.08. The summed E-state index contributed by atoms with van der Waals surface area (Å²) in [6.45, 7) is 0.539. The number of hydrogen-bond acceptors (Lipinski definition) is 5. The van der Waals surface area contributed by atoms with Crippen LogP contribution in [0.5, 0.6) is 5.75 Å². The molecule has 1 aromatic rings. The van der Waals surface area contributed by atoms with E-state index in [0.29, 0.717) is 25.3 Å². The Balaban J connectivity index is 1.59. The summed E-state index contributed by atoms with van der Waals surface area (Å²) < 4.78 is 5.41. The van der Waals surface area contributed by atoms with Gasteiger partial charge in [-0.1, -0.05) is 0 Å². The maximum Gasteiger partial charge on any atom is 0.325 e. The molecule has 2 rings (SSSR count). The Hall–Kier alpha value is -2.64. The van der Waals surface area contributed by atoms with Crippen LogP contribution >= 0.6 is 0 Å². The molecule has 0 spiro atoms. The molecule has 8 nitrogen and oxygen atoms in total. The van der Waals surface area contributed by atoms with Gasteiger partial charge in [0.1, 0.15) is 12.3 Å². The number of hydrogen-bond donors (Lipinski definition) is 2. The van der Waals surface area contributed by atoms with E-state index in [1.807, 2.05) is 0 Å². The lowest BCUT2D eigenvalue weighted by Crippen LogP contribution is -2.41. The van der Waals surface area contributed by atoms with Gasteiger partial charge in [0.2, 0.25) is 5.91 Å². The molecule has 0 aromatic carbocycles. The van der Waals surface area contributed by atoms with E-state index in [4.69, 9.17) is 4.74 Å². The van der Waals surface area contributed by atoms with Crippen LogP contribution in [0.2, 0.25) is 0 Å². The van der Waals surface area contributed by atoms with Crippen LogP contribution in [-0.4, -0.2) is 54.0 Å². The minimum absolute atomic E-state index is 0.0505. The number of nitrogens with zero attached hydrogens (tertiary/aromatic N) is 2. The first kappa shape index (κ1) is 14.8. The molecule has 8 heteroatoms. The minimum atomic E-state index is -0.532. The highest BCUT2D eigenvalue weighted by molar-refractivity contribution is 6.04. The summed E-state index contributed by atoms with van der Waals surface area (Å²) in [6, 6.07) is 3.04. The Morgan fingerprint density at radius 2 is 2.33 bits per heavy atom. The lowest BCUT2D eigenvalue weighted by atomic mass is 10.4. The summed E-state index contributed by atoms with van der Waals surface area (Å²) in [5.41, 5.74) is 0. The molecular formula is C13H16N4O4. The van der Waals surface area contributed by atoms with Crippen LogP contribution in [-0.2, 0) is 9.59 Å². The number of ether oxygens (including phenoxy) is 1. The third-order valence-electron chi connectivity index (χ3n) is 2.79. The Morgan fingerprint density at radius 3 is 3.00 bits per heavy atom. The Morgan fingerprint density at radius 1 is 1.48 bits per heavy atom. The molecule has 2 heterocycles. The third-order valence-corrected chi connectivity index (χ3v) is 2.79. The van der Waals surface area contributed by atoms with E-state index in [1.165, 1.54) is 0 Å². The first-order valence-electron chi connectivity index (χ1n) is 6.54. The molecule has 0 unspecified atom stereocenters. The maximum absolute atomic E-state index is 11.6. The van der Waals surface area contributed by atoms with Crippen molar-refractivity contribution >= 4 is 17.8 Å². The molecule has 0 aliphatic carbocycles. The van der Waals surface area contributed by atoms with Crippen LogP contribution in [0.15, 0.2) is 24.5 Å².